The third-order valence-corrected chi connectivity index (χ3v) is 2.30. The number of allylic oxidation sites excluding steroid dienone is 1. The number of nitrogens with one attached hydrogen (secondary N) is 1. The predicted octanol–water partition coefficient (Wildman–Crippen LogP) is 2.89. The predicted molar refractivity (Wildman–Crippen MR) is 61.1 cm³/mol. The summed E-state index contributed by atoms with van der Waals surface area (Å²) in [4.78, 5) is 11.3. The Bertz CT molecular complexity index is 196. The molecule has 2 heteroatoms. The van der Waals surface area contributed by atoms with E-state index in [-0.39, 0.29) is 11.8 Å². The molecular weight excluding hydrogens is 174 g/mol. The van der Waals surface area contributed by atoms with E-state index in [2.05, 4.69) is 18.8 Å². The van der Waals surface area contributed by atoms with E-state index in [9.17, 15) is 4.79 Å². The van der Waals surface area contributed by atoms with Gasteiger partial charge in [0.25, 0.3) is 0 Å². The fourth-order valence-corrected chi connectivity index (χ4v) is 1.42. The molecule has 0 radical (unpaired) electrons. The van der Waals surface area contributed by atoms with Gasteiger partial charge in [-0.25, -0.2) is 0 Å². The molecule has 0 amide bonds. The summed E-state index contributed by atoms with van der Waals surface area (Å²) in [6.45, 7) is 11.8. The summed E-state index contributed by atoms with van der Waals surface area (Å²) in [5.74, 6) is 0.517. The molecule has 0 aromatic heterocycles. The smallest absolute Gasteiger partial charge is 0.152 e. The van der Waals surface area contributed by atoms with Crippen molar-refractivity contribution in [3.05, 3.63) is 12.3 Å². The second-order valence-electron chi connectivity index (χ2n) is 4.18. The molecule has 0 aliphatic rings. The molecule has 14 heavy (non-hydrogen) atoms. The number of hydrogen-bond acceptors (Lipinski definition) is 2. The van der Waals surface area contributed by atoms with E-state index in [1.165, 1.54) is 0 Å². The number of unbranched alkanes of at least 4 members (excludes halogenated alkanes) is 1. The van der Waals surface area contributed by atoms with Crippen LogP contribution in [0.25, 0.3) is 0 Å². The van der Waals surface area contributed by atoms with Crippen molar-refractivity contribution in [2.24, 2.45) is 5.92 Å². The fraction of sp³-hybridized carbons (Fsp3) is 0.750. The Hall–Kier alpha value is -0.790. The largest absolute Gasteiger partial charge is 0.379 e. The van der Waals surface area contributed by atoms with E-state index in [1.54, 1.807) is 6.92 Å². The van der Waals surface area contributed by atoms with Gasteiger partial charge in [-0.15, -0.1) is 0 Å². The zero-order valence-electron chi connectivity index (χ0n) is 9.89. The number of hydrogen-bond donors (Lipinski definition) is 1. The Morgan fingerprint density at radius 3 is 2.36 bits per heavy atom. The average Bonchev–Trinajstić information content (AvgIpc) is 2.09. The van der Waals surface area contributed by atoms with Gasteiger partial charge in [-0.2, -0.15) is 0 Å². The minimum atomic E-state index is -0.0700. The van der Waals surface area contributed by atoms with Crippen molar-refractivity contribution in [3.8, 4) is 0 Å². The summed E-state index contributed by atoms with van der Waals surface area (Å²) in [7, 11) is 0. The zero-order valence-corrected chi connectivity index (χ0v) is 9.89. The van der Waals surface area contributed by atoms with E-state index in [0.29, 0.717) is 5.92 Å². The number of rotatable bonds is 7. The first kappa shape index (κ1) is 13.2. The summed E-state index contributed by atoms with van der Waals surface area (Å²) >= 11 is 0. The van der Waals surface area contributed by atoms with Crippen LogP contribution in [0.5, 0.6) is 0 Å². The summed E-state index contributed by atoms with van der Waals surface area (Å²) in [5.41, 5.74) is 0.987. The Kier molecular flexibility index (Phi) is 6.26. The fourth-order valence-electron chi connectivity index (χ4n) is 1.42. The van der Waals surface area contributed by atoms with Crippen LogP contribution in [0.3, 0.4) is 0 Å². The molecule has 0 unspecified atom stereocenters. The Morgan fingerprint density at radius 2 is 2.00 bits per heavy atom. The van der Waals surface area contributed by atoms with E-state index in [1.807, 2.05) is 13.8 Å². The minimum absolute atomic E-state index is 0.0700. The van der Waals surface area contributed by atoms with Crippen molar-refractivity contribution in [1.29, 1.82) is 0 Å². The van der Waals surface area contributed by atoms with Crippen LogP contribution in [-0.2, 0) is 4.79 Å². The summed E-state index contributed by atoms with van der Waals surface area (Å²) < 4.78 is 0. The monoisotopic (exact) mass is 197 g/mol. The Morgan fingerprint density at radius 1 is 1.43 bits per heavy atom. The molecule has 0 aliphatic heterocycles. The molecule has 0 heterocycles. The molecule has 0 aromatic rings. The highest BCUT2D eigenvalue weighted by atomic mass is 16.1. The van der Waals surface area contributed by atoms with Crippen molar-refractivity contribution in [2.75, 3.05) is 0 Å². The van der Waals surface area contributed by atoms with Gasteiger partial charge in [0.2, 0.25) is 0 Å². The second-order valence-corrected chi connectivity index (χ2v) is 4.18. The molecule has 0 saturated heterocycles. The maximum atomic E-state index is 11.3. The Balaban J connectivity index is 4.04. The van der Waals surface area contributed by atoms with Crippen molar-refractivity contribution < 1.29 is 4.79 Å². The molecular formula is C12H23NO. The van der Waals surface area contributed by atoms with E-state index in [0.717, 1.165) is 25.0 Å². The molecule has 0 aliphatic carbocycles. The van der Waals surface area contributed by atoms with Crippen LogP contribution in [0.2, 0.25) is 0 Å². The van der Waals surface area contributed by atoms with Gasteiger partial charge >= 0.3 is 0 Å². The lowest BCUT2D eigenvalue weighted by atomic mass is 10.00. The number of carbonyl (C=O) groups excluding carboxylic acids is 1. The number of ketones is 1. The summed E-state index contributed by atoms with van der Waals surface area (Å²) in [6, 6.07) is -0.0700. The molecule has 1 N–H and O–H groups in total. The van der Waals surface area contributed by atoms with Crippen molar-refractivity contribution in [3.63, 3.8) is 0 Å². The van der Waals surface area contributed by atoms with Crippen LogP contribution in [0.15, 0.2) is 12.3 Å². The lowest BCUT2D eigenvalue weighted by Gasteiger charge is -2.22. The minimum Gasteiger partial charge on any atom is -0.379 e. The molecule has 2 nitrogen and oxygen atoms in total. The van der Waals surface area contributed by atoms with Crippen LogP contribution in [0, 0.1) is 5.92 Å². The normalized spacial score (nSPS) is 12.6. The van der Waals surface area contributed by atoms with Gasteiger partial charge in [0.1, 0.15) is 0 Å². The SMILES string of the molecule is C=C(CCCC)N[C@@H](C(C)=O)C(C)C. The van der Waals surface area contributed by atoms with Gasteiger partial charge in [-0.1, -0.05) is 33.8 Å². The van der Waals surface area contributed by atoms with Gasteiger partial charge in [-0.3, -0.25) is 4.79 Å². The second kappa shape index (κ2) is 6.63. The number of Topliss-reactive ketones (excluding diaryl/α,β-unsaturated/α-hetero) is 1. The highest BCUT2D eigenvalue weighted by molar-refractivity contribution is 5.81. The van der Waals surface area contributed by atoms with E-state index < -0.39 is 0 Å². The molecule has 0 rings (SSSR count). The summed E-state index contributed by atoms with van der Waals surface area (Å²) in [5, 5.41) is 3.21. The highest BCUT2D eigenvalue weighted by Gasteiger charge is 2.17. The quantitative estimate of drug-likeness (QED) is 0.680. The topological polar surface area (TPSA) is 29.1 Å². The molecule has 0 aromatic carbocycles. The molecule has 1 atom stereocenters. The van der Waals surface area contributed by atoms with Gasteiger partial charge in [0.15, 0.2) is 5.78 Å². The van der Waals surface area contributed by atoms with Crippen molar-refractivity contribution >= 4 is 5.78 Å². The van der Waals surface area contributed by atoms with Crippen LogP contribution in [0.1, 0.15) is 47.0 Å². The standard InChI is InChI=1S/C12H23NO/c1-6-7-8-10(4)13-12(9(2)3)11(5)14/h9,12-13H,4,6-8H2,1-3,5H3/t12-/m1/s1. The Labute approximate surface area is 87.8 Å². The van der Waals surface area contributed by atoms with Crippen molar-refractivity contribution in [2.45, 2.75) is 53.0 Å². The van der Waals surface area contributed by atoms with Crippen LogP contribution >= 0.6 is 0 Å². The molecule has 0 bridgehead atoms. The maximum absolute atomic E-state index is 11.3. The van der Waals surface area contributed by atoms with Crippen molar-refractivity contribution in [1.82, 2.24) is 5.32 Å². The molecule has 0 spiro atoms. The van der Waals surface area contributed by atoms with E-state index in [4.69, 9.17) is 0 Å². The lowest BCUT2D eigenvalue weighted by molar-refractivity contribution is -0.119. The first-order chi connectivity index (χ1) is 6.49. The first-order valence-corrected chi connectivity index (χ1v) is 5.43. The third kappa shape index (κ3) is 5.05. The zero-order chi connectivity index (χ0) is 11.1. The first-order valence-electron chi connectivity index (χ1n) is 5.43. The van der Waals surface area contributed by atoms with Crippen LogP contribution in [-0.4, -0.2) is 11.8 Å². The summed E-state index contributed by atoms with van der Waals surface area (Å²) in [6.07, 6.45) is 3.26. The average molecular weight is 197 g/mol. The van der Waals surface area contributed by atoms with Crippen LogP contribution in [0.4, 0.5) is 0 Å². The molecule has 82 valence electrons. The molecule has 0 fully saturated rings. The van der Waals surface area contributed by atoms with Gasteiger partial charge in [-0.05, 0) is 25.7 Å². The lowest BCUT2D eigenvalue weighted by Crippen LogP contribution is -2.38. The van der Waals surface area contributed by atoms with Crippen LogP contribution < -0.4 is 5.32 Å². The third-order valence-electron chi connectivity index (χ3n) is 2.30. The van der Waals surface area contributed by atoms with E-state index >= 15 is 0 Å². The highest BCUT2D eigenvalue weighted by Crippen LogP contribution is 2.08. The van der Waals surface area contributed by atoms with Gasteiger partial charge in [0.05, 0.1) is 6.04 Å². The number of carbonyl (C=O) groups is 1. The maximum Gasteiger partial charge on any atom is 0.152 e. The van der Waals surface area contributed by atoms with Gasteiger partial charge in [0, 0.05) is 5.70 Å². The molecule has 0 saturated carbocycles. The van der Waals surface area contributed by atoms with Gasteiger partial charge < -0.3 is 5.32 Å².